The van der Waals surface area contributed by atoms with Crippen LogP contribution in [0.3, 0.4) is 0 Å². The summed E-state index contributed by atoms with van der Waals surface area (Å²) in [5.41, 5.74) is 5.83. The van der Waals surface area contributed by atoms with Crippen LogP contribution in [0.5, 0.6) is 0 Å². The number of benzene rings is 3. The quantitative estimate of drug-likeness (QED) is 0.0843. The molecule has 0 aromatic heterocycles. The van der Waals surface area contributed by atoms with Gasteiger partial charge in [-0.25, -0.2) is 0 Å². The van der Waals surface area contributed by atoms with Crippen molar-refractivity contribution in [3.05, 3.63) is 108 Å². The first-order chi connectivity index (χ1) is 21.5. The minimum absolute atomic E-state index is 0. The molecule has 46 heavy (non-hydrogen) atoms. The number of rotatable bonds is 16. The van der Waals surface area contributed by atoms with Gasteiger partial charge < -0.3 is 53.9 Å². The van der Waals surface area contributed by atoms with Crippen molar-refractivity contribution in [3.63, 3.8) is 0 Å². The predicted molar refractivity (Wildman–Crippen MR) is 166 cm³/mol. The number of halogens is 1. The molecule has 11 nitrogen and oxygen atoms in total. The first-order valence-corrected chi connectivity index (χ1v) is 14.9. The molecule has 3 rings (SSSR count). The third kappa shape index (κ3) is 11.2. The molecule has 0 aliphatic carbocycles. The van der Waals surface area contributed by atoms with Crippen LogP contribution in [0.1, 0.15) is 55.5 Å². The average molecular weight is 658 g/mol. The summed E-state index contributed by atoms with van der Waals surface area (Å²) in [4.78, 5) is 38.9. The predicted octanol–water partition coefficient (Wildman–Crippen LogP) is -2.21. The van der Waals surface area contributed by atoms with E-state index in [4.69, 9.17) is 4.74 Å². The van der Waals surface area contributed by atoms with E-state index in [9.17, 15) is 34.8 Å². The number of hydrogen-bond acceptors (Lipinski definition) is 8. The fourth-order valence-corrected chi connectivity index (χ4v) is 4.92. The summed E-state index contributed by atoms with van der Waals surface area (Å²) in [5.74, 6) is -2.10. The van der Waals surface area contributed by atoms with Gasteiger partial charge in [0.1, 0.15) is 12.2 Å². The van der Waals surface area contributed by atoms with Crippen molar-refractivity contribution in [2.75, 3.05) is 6.61 Å². The van der Waals surface area contributed by atoms with E-state index in [-0.39, 0.29) is 24.7 Å². The van der Waals surface area contributed by atoms with Gasteiger partial charge in [-0.1, -0.05) is 105 Å². The molecular formula is C34H44ClN3O8. The third-order valence-corrected chi connectivity index (χ3v) is 7.35. The molecule has 9 N–H and O–H groups in total. The van der Waals surface area contributed by atoms with Crippen LogP contribution in [0.25, 0.3) is 0 Å². The van der Waals surface area contributed by atoms with Crippen LogP contribution in [-0.2, 0) is 19.1 Å². The minimum Gasteiger partial charge on any atom is -1.00 e. The van der Waals surface area contributed by atoms with Gasteiger partial charge in [0.05, 0.1) is 25.1 Å². The Morgan fingerprint density at radius 3 is 1.67 bits per heavy atom. The number of amides is 2. The van der Waals surface area contributed by atoms with Gasteiger partial charge in [0.2, 0.25) is 0 Å². The smallest absolute Gasteiger partial charge is 0.309 e. The van der Waals surface area contributed by atoms with E-state index >= 15 is 0 Å². The van der Waals surface area contributed by atoms with Crippen LogP contribution in [0.15, 0.2) is 91.0 Å². The standard InChI is InChI=1S/C34H43N3O8.ClH/c1-21(2)18-25(35)33(43)37-27(20-38)29(40)30(41)31(42)34(44)36-26(22-12-6-3-7-13-22)19-28(39)45-32(23-14-8-4-9-15-23)24-16-10-5-11-17-24;/h3-17,21,25-27,29-32,38,40-42H,18-20,35H2,1-2H3,(H,36,44)(H,37,43);1H/t25-,26-,27-,29+,30+,31-;/m0./s1. The molecule has 3 aromatic rings. The zero-order valence-electron chi connectivity index (χ0n) is 25.9. The van der Waals surface area contributed by atoms with E-state index < -0.39 is 66.9 Å². The van der Waals surface area contributed by atoms with Crippen molar-refractivity contribution in [2.24, 2.45) is 5.92 Å². The van der Waals surface area contributed by atoms with Gasteiger partial charge in [0.15, 0.2) is 18.2 Å². The molecule has 0 fully saturated rings. The number of carbonyl (C=O) groups excluding carboxylic acids is 3. The Kier molecular flexibility index (Phi) is 15.8. The minimum atomic E-state index is -2.17. The molecule has 0 aliphatic rings. The molecule has 0 heterocycles. The molecule has 0 saturated carbocycles. The van der Waals surface area contributed by atoms with Crippen molar-refractivity contribution in [3.8, 4) is 0 Å². The molecule has 250 valence electrons. The number of ether oxygens (including phenoxy) is 1. The van der Waals surface area contributed by atoms with E-state index in [1.807, 2.05) is 74.5 Å². The number of carbonyl (C=O) groups is 3. The second-order valence-corrected chi connectivity index (χ2v) is 11.4. The highest BCUT2D eigenvalue weighted by Gasteiger charge is 2.37. The van der Waals surface area contributed by atoms with Gasteiger partial charge in [-0.05, 0) is 22.6 Å². The van der Waals surface area contributed by atoms with Gasteiger partial charge in [-0.15, -0.1) is 0 Å². The molecule has 0 bridgehead atoms. The van der Waals surface area contributed by atoms with Crippen LogP contribution in [-0.4, -0.2) is 75.2 Å². The highest BCUT2D eigenvalue weighted by atomic mass is 35.5. The van der Waals surface area contributed by atoms with Gasteiger partial charge in [0, 0.05) is 6.42 Å². The van der Waals surface area contributed by atoms with Crippen LogP contribution in [0.4, 0.5) is 0 Å². The zero-order valence-corrected chi connectivity index (χ0v) is 26.7. The Labute approximate surface area is 275 Å². The lowest BCUT2D eigenvalue weighted by atomic mass is 9.98. The molecule has 6 atom stereocenters. The van der Waals surface area contributed by atoms with Crippen molar-refractivity contribution >= 4 is 17.8 Å². The molecular weight excluding hydrogens is 614 g/mol. The first-order valence-electron chi connectivity index (χ1n) is 14.9. The van der Waals surface area contributed by atoms with E-state index in [1.54, 1.807) is 30.3 Å². The third-order valence-electron chi connectivity index (χ3n) is 7.35. The summed E-state index contributed by atoms with van der Waals surface area (Å²) in [6, 6.07) is 24.0. The van der Waals surface area contributed by atoms with Gasteiger partial charge in [-0.3, -0.25) is 14.4 Å². The number of esters is 1. The van der Waals surface area contributed by atoms with E-state index in [0.29, 0.717) is 12.0 Å². The lowest BCUT2D eigenvalue weighted by molar-refractivity contribution is -0.406. The number of aliphatic hydroxyl groups excluding tert-OH is 4. The van der Waals surface area contributed by atoms with Crippen LogP contribution in [0, 0.1) is 5.92 Å². The molecule has 0 aliphatic heterocycles. The highest BCUT2D eigenvalue weighted by Crippen LogP contribution is 2.28. The average Bonchev–Trinajstić information content (AvgIpc) is 3.05. The zero-order chi connectivity index (χ0) is 32.9. The maximum atomic E-state index is 13.3. The number of nitrogens with one attached hydrogen (secondary N) is 2. The fraction of sp³-hybridized carbons (Fsp3) is 0.382. The van der Waals surface area contributed by atoms with Gasteiger partial charge >= 0.3 is 5.97 Å². The lowest BCUT2D eigenvalue weighted by Gasteiger charge is -2.30. The maximum absolute atomic E-state index is 13.3. The normalized spacial score (nSPS) is 15.1. The maximum Gasteiger partial charge on any atom is 0.309 e. The summed E-state index contributed by atoms with van der Waals surface area (Å²) in [6.45, 7) is 3.06. The van der Waals surface area contributed by atoms with Gasteiger partial charge in [-0.2, -0.15) is 0 Å². The van der Waals surface area contributed by atoms with E-state index in [1.165, 1.54) is 0 Å². The van der Waals surface area contributed by atoms with Crippen LogP contribution in [0.2, 0.25) is 0 Å². The lowest BCUT2D eigenvalue weighted by Crippen LogP contribution is -3.00. The Balaban J connectivity index is 0.00000736. The Bertz CT molecular complexity index is 1310. The van der Waals surface area contributed by atoms with Gasteiger partial charge in [0.25, 0.3) is 11.8 Å². The first kappa shape index (κ1) is 38.3. The van der Waals surface area contributed by atoms with E-state index in [0.717, 1.165) is 11.1 Å². The van der Waals surface area contributed by atoms with Crippen molar-refractivity contribution < 1.29 is 57.7 Å². The highest BCUT2D eigenvalue weighted by molar-refractivity contribution is 5.83. The summed E-state index contributed by atoms with van der Waals surface area (Å²) >= 11 is 0. The molecule has 0 unspecified atom stereocenters. The SMILES string of the molecule is CC(C)C[C@H]([NH3+])C(=O)N[C@@H](CO)[C@@H](O)[C@@H](O)[C@H](O)C(=O)N[C@@H](CC(=O)OC(c1ccccc1)c1ccccc1)c1ccccc1.[Cl-]. The number of aliphatic hydroxyl groups is 4. The van der Waals surface area contributed by atoms with Crippen LogP contribution < -0.4 is 28.8 Å². The number of hydrogen-bond donors (Lipinski definition) is 7. The Morgan fingerprint density at radius 2 is 1.22 bits per heavy atom. The Hall–Kier alpha value is -3.84. The molecule has 0 radical (unpaired) electrons. The summed E-state index contributed by atoms with van der Waals surface area (Å²) in [6.07, 6.45) is -6.72. The van der Waals surface area contributed by atoms with Crippen molar-refractivity contribution in [1.29, 1.82) is 0 Å². The molecule has 12 heteroatoms. The van der Waals surface area contributed by atoms with Crippen LogP contribution >= 0.6 is 0 Å². The fourth-order valence-electron chi connectivity index (χ4n) is 4.92. The second kappa shape index (κ2) is 19.0. The van der Waals surface area contributed by atoms with Crippen molar-refractivity contribution in [1.82, 2.24) is 10.6 Å². The molecule has 2 amide bonds. The summed E-state index contributed by atoms with van der Waals surface area (Å²) in [5, 5.41) is 46.8. The van der Waals surface area contributed by atoms with E-state index in [2.05, 4.69) is 16.4 Å². The Morgan fingerprint density at radius 1 is 0.739 bits per heavy atom. The largest absolute Gasteiger partial charge is 1.00 e. The molecule has 0 spiro atoms. The second-order valence-electron chi connectivity index (χ2n) is 11.4. The van der Waals surface area contributed by atoms with Crippen molar-refractivity contribution in [2.45, 2.75) is 69.2 Å². The summed E-state index contributed by atoms with van der Waals surface area (Å²) < 4.78 is 5.91. The summed E-state index contributed by atoms with van der Waals surface area (Å²) in [7, 11) is 0. The monoisotopic (exact) mass is 657 g/mol. The molecule has 0 saturated heterocycles. The topological polar surface area (TPSA) is 193 Å². The number of quaternary nitrogens is 1. The molecule has 3 aromatic carbocycles.